The number of hydrogen-bond acceptors (Lipinski definition) is 6. The van der Waals surface area contributed by atoms with Crippen molar-refractivity contribution in [2.45, 2.75) is 30.7 Å². The van der Waals surface area contributed by atoms with Crippen molar-refractivity contribution in [3.63, 3.8) is 0 Å². The highest BCUT2D eigenvalue weighted by molar-refractivity contribution is 8.07. The van der Waals surface area contributed by atoms with Crippen molar-refractivity contribution in [3.8, 4) is 11.5 Å². The van der Waals surface area contributed by atoms with Crippen LogP contribution in [-0.4, -0.2) is 38.3 Å². The molecule has 1 unspecified atom stereocenters. The topological polar surface area (TPSA) is 88.0 Å². The molecule has 15 heteroatoms. The number of nitroso groups, excluding NO2 is 1. The first kappa shape index (κ1) is 29.2. The van der Waals surface area contributed by atoms with Gasteiger partial charge in [0.1, 0.15) is 9.89 Å². The average Bonchev–Trinajstić information content (AvgIpc) is 3.14. The van der Waals surface area contributed by atoms with E-state index in [-0.39, 0.29) is 37.6 Å². The summed E-state index contributed by atoms with van der Waals surface area (Å²) in [7, 11) is -1.62. The normalized spacial score (nSPS) is 18.1. The summed E-state index contributed by atoms with van der Waals surface area (Å²) < 4.78 is 77.2. The molecule has 2 aromatic carbocycles. The standard InChI is InChI=1S/C22H23Cl2F3N3O5S2/c1-5-35-17-7-6-16(11-18(17)34-4)29(3)37(32,33)19-12-21(2,24)36-20(19)30(31)28-15-9-13(22(25,26)27)8-14(23)10-15/h6-11H,5,12H2,1-4H3,(H,28,31)/q+1. The Bertz CT molecular complexity index is 1350. The number of nitrogens with zero attached hydrogens (tertiary/aromatic N) is 2. The zero-order chi connectivity index (χ0) is 27.8. The molecule has 0 radical (unpaired) electrons. The molecular weight excluding hydrogens is 578 g/mol. The molecular formula is C22H23Cl2F3N3O5S2+. The molecule has 202 valence electrons. The molecule has 1 heterocycles. The molecule has 0 saturated heterocycles. The predicted octanol–water partition coefficient (Wildman–Crippen LogP) is 6.60. The quantitative estimate of drug-likeness (QED) is 0.197. The molecule has 1 atom stereocenters. The highest BCUT2D eigenvalue weighted by atomic mass is 35.5. The molecule has 37 heavy (non-hydrogen) atoms. The van der Waals surface area contributed by atoms with E-state index < -0.39 is 26.0 Å². The fourth-order valence-corrected chi connectivity index (χ4v) is 7.06. The van der Waals surface area contributed by atoms with E-state index in [1.54, 1.807) is 13.0 Å². The van der Waals surface area contributed by atoms with Gasteiger partial charge in [0.25, 0.3) is 10.0 Å². The van der Waals surface area contributed by atoms with Crippen molar-refractivity contribution in [1.29, 1.82) is 0 Å². The van der Waals surface area contributed by atoms with E-state index in [9.17, 15) is 26.5 Å². The van der Waals surface area contributed by atoms with Crippen LogP contribution in [0.5, 0.6) is 11.5 Å². The Labute approximate surface area is 226 Å². The number of methoxy groups -OCH3 is 1. The number of sulfonamides is 1. The second-order valence-electron chi connectivity index (χ2n) is 7.98. The summed E-state index contributed by atoms with van der Waals surface area (Å²) in [6.07, 6.45) is -4.93. The monoisotopic (exact) mass is 600 g/mol. The molecule has 0 fully saturated rings. The molecule has 1 aliphatic heterocycles. The maximum absolute atomic E-state index is 13.6. The van der Waals surface area contributed by atoms with Crippen LogP contribution in [-0.2, 0) is 16.2 Å². The number of anilines is 2. The van der Waals surface area contributed by atoms with Crippen LogP contribution < -0.4 is 19.2 Å². The third kappa shape index (κ3) is 6.57. The van der Waals surface area contributed by atoms with Gasteiger partial charge in [-0.1, -0.05) is 11.6 Å². The number of halogens is 5. The van der Waals surface area contributed by atoms with Gasteiger partial charge in [0, 0.05) is 24.6 Å². The van der Waals surface area contributed by atoms with Crippen LogP contribution in [0.25, 0.3) is 0 Å². The predicted molar refractivity (Wildman–Crippen MR) is 139 cm³/mol. The molecule has 1 aliphatic rings. The number of nitrogens with one attached hydrogen (secondary N) is 1. The first-order valence-corrected chi connectivity index (χ1v) is 13.6. The lowest BCUT2D eigenvalue weighted by Crippen LogP contribution is -2.29. The van der Waals surface area contributed by atoms with Crippen molar-refractivity contribution in [1.82, 2.24) is 0 Å². The third-order valence-corrected chi connectivity index (χ3v) is 8.93. The molecule has 0 aliphatic carbocycles. The third-order valence-electron chi connectivity index (χ3n) is 5.15. The van der Waals surface area contributed by atoms with Gasteiger partial charge in [0.05, 0.1) is 29.9 Å². The summed E-state index contributed by atoms with van der Waals surface area (Å²) in [5, 5.41) is -0.589. The first-order valence-electron chi connectivity index (χ1n) is 10.6. The molecule has 8 nitrogen and oxygen atoms in total. The van der Waals surface area contributed by atoms with Crippen molar-refractivity contribution in [2.75, 3.05) is 30.5 Å². The lowest BCUT2D eigenvalue weighted by Gasteiger charge is -2.21. The minimum atomic E-state index is -4.71. The van der Waals surface area contributed by atoms with Gasteiger partial charge in [-0.05, 0) is 55.9 Å². The summed E-state index contributed by atoms with van der Waals surface area (Å²) in [4.78, 5) is 12.8. The summed E-state index contributed by atoms with van der Waals surface area (Å²) >= 11 is 13.0. The highest BCUT2D eigenvalue weighted by Crippen LogP contribution is 2.51. The summed E-state index contributed by atoms with van der Waals surface area (Å²) in [5.74, 6) is 0.714. The van der Waals surface area contributed by atoms with Gasteiger partial charge in [0.2, 0.25) is 0 Å². The molecule has 0 aromatic heterocycles. The van der Waals surface area contributed by atoms with Gasteiger partial charge in [-0.25, -0.2) is 8.42 Å². The lowest BCUT2D eigenvalue weighted by atomic mass is 10.2. The van der Waals surface area contributed by atoms with Crippen LogP contribution in [0.2, 0.25) is 5.02 Å². The lowest BCUT2D eigenvalue weighted by molar-refractivity contribution is -0.452. The average molecular weight is 601 g/mol. The van der Waals surface area contributed by atoms with Gasteiger partial charge in [-0.3, -0.25) is 4.31 Å². The van der Waals surface area contributed by atoms with Gasteiger partial charge < -0.3 is 9.47 Å². The number of thioether (sulfide) groups is 1. The zero-order valence-electron chi connectivity index (χ0n) is 20.0. The number of alkyl halides is 4. The Kier molecular flexibility index (Phi) is 8.52. The minimum Gasteiger partial charge on any atom is -0.493 e. The van der Waals surface area contributed by atoms with Crippen LogP contribution in [0.1, 0.15) is 25.8 Å². The molecule has 0 saturated carbocycles. The van der Waals surface area contributed by atoms with E-state index in [1.807, 2.05) is 0 Å². The maximum Gasteiger partial charge on any atom is 0.416 e. The molecule has 0 amide bonds. The molecule has 0 spiro atoms. The van der Waals surface area contributed by atoms with E-state index in [0.29, 0.717) is 30.2 Å². The van der Waals surface area contributed by atoms with Crippen molar-refractivity contribution in [3.05, 3.63) is 61.8 Å². The summed E-state index contributed by atoms with van der Waals surface area (Å²) in [5.41, 5.74) is 1.08. The van der Waals surface area contributed by atoms with E-state index in [0.717, 1.165) is 22.1 Å². The van der Waals surface area contributed by atoms with Crippen LogP contribution in [0, 0.1) is 4.91 Å². The van der Waals surface area contributed by atoms with Gasteiger partial charge in [0.15, 0.2) is 21.3 Å². The fourth-order valence-electron chi connectivity index (χ4n) is 3.43. The molecule has 3 rings (SSSR count). The highest BCUT2D eigenvalue weighted by Gasteiger charge is 2.49. The molecule has 1 N–H and O–H groups in total. The van der Waals surface area contributed by atoms with E-state index >= 15 is 0 Å². The zero-order valence-corrected chi connectivity index (χ0v) is 23.2. The second-order valence-corrected chi connectivity index (χ2v) is 13.0. The fraction of sp³-hybridized carbons (Fsp3) is 0.364. The first-order chi connectivity index (χ1) is 17.1. The van der Waals surface area contributed by atoms with Crippen molar-refractivity contribution >= 4 is 56.4 Å². The number of ether oxygens (including phenoxy) is 2. The van der Waals surface area contributed by atoms with Crippen LogP contribution in [0.4, 0.5) is 24.5 Å². The van der Waals surface area contributed by atoms with Crippen molar-refractivity contribution in [2.24, 2.45) is 0 Å². The Morgan fingerprint density at radius 2 is 1.89 bits per heavy atom. The minimum absolute atomic E-state index is 0.0730. The second kappa shape index (κ2) is 10.8. The van der Waals surface area contributed by atoms with Gasteiger partial charge in [-0.15, -0.1) is 17.0 Å². The molecule has 2 aromatic rings. The van der Waals surface area contributed by atoms with E-state index in [2.05, 4.69) is 5.43 Å². The van der Waals surface area contributed by atoms with Crippen LogP contribution in [0.3, 0.4) is 0 Å². The Balaban J connectivity index is 2.00. The summed E-state index contributed by atoms with van der Waals surface area (Å²) in [6, 6.07) is 7.01. The maximum atomic E-state index is 13.6. The number of hydrogen-bond donors (Lipinski definition) is 1. The van der Waals surface area contributed by atoms with Crippen LogP contribution in [0.15, 0.2) is 46.3 Å². The number of benzene rings is 2. The summed E-state index contributed by atoms with van der Waals surface area (Å²) in [6.45, 7) is 3.68. The van der Waals surface area contributed by atoms with E-state index in [4.69, 9.17) is 32.7 Å². The number of rotatable bonds is 9. The Hall–Kier alpha value is -2.35. The smallest absolute Gasteiger partial charge is 0.416 e. The van der Waals surface area contributed by atoms with Gasteiger partial charge in [-0.2, -0.15) is 13.2 Å². The number of allylic oxidation sites excluding steroid dienone is 1. The van der Waals surface area contributed by atoms with Gasteiger partial charge >= 0.3 is 11.2 Å². The molecule has 0 bridgehead atoms. The van der Waals surface area contributed by atoms with E-state index in [1.165, 1.54) is 33.2 Å². The number of hydrazine groups is 1. The largest absolute Gasteiger partial charge is 0.493 e. The van der Waals surface area contributed by atoms with Crippen LogP contribution >= 0.6 is 35.0 Å². The Morgan fingerprint density at radius 3 is 2.49 bits per heavy atom. The Morgan fingerprint density at radius 1 is 1.22 bits per heavy atom. The van der Waals surface area contributed by atoms with Crippen molar-refractivity contribution < 1.29 is 35.9 Å². The SMILES string of the molecule is CCOc1ccc(N(C)S(=O)(=O)C2=C([N+](=O)Nc3cc(Cl)cc(C(F)(F)F)c3)SC(C)(Cl)C2)cc1OC.